The average molecular weight is 280 g/mol. The lowest BCUT2D eigenvalue weighted by Crippen LogP contribution is -2.45. The quantitative estimate of drug-likeness (QED) is 0.671. The number of nitrogens with zero attached hydrogens (tertiary/aromatic N) is 2. The van der Waals surface area contributed by atoms with Crippen LogP contribution in [0.25, 0.3) is 0 Å². The summed E-state index contributed by atoms with van der Waals surface area (Å²) < 4.78 is 5.61. The first-order valence-corrected chi connectivity index (χ1v) is 6.30. The lowest BCUT2D eigenvalue weighted by molar-refractivity contribution is -0.385. The molecule has 1 aromatic carbocycles. The van der Waals surface area contributed by atoms with Gasteiger partial charge >= 0.3 is 5.97 Å². The zero-order valence-corrected chi connectivity index (χ0v) is 11.3. The molecule has 0 aromatic heterocycles. The number of carboxylic acids is 1. The van der Waals surface area contributed by atoms with Crippen molar-refractivity contribution in [3.05, 3.63) is 33.9 Å². The van der Waals surface area contributed by atoms with E-state index in [1.54, 1.807) is 6.07 Å². The fourth-order valence-electron chi connectivity index (χ4n) is 2.44. The number of carboxylic acid groups (broad SMARTS) is 1. The number of carbonyl (C=O) groups is 1. The minimum Gasteiger partial charge on any atom is -0.477 e. The van der Waals surface area contributed by atoms with Crippen molar-refractivity contribution < 1.29 is 19.6 Å². The third-order valence-corrected chi connectivity index (χ3v) is 3.19. The molecule has 1 aliphatic heterocycles. The van der Waals surface area contributed by atoms with Crippen LogP contribution in [0.4, 0.5) is 11.4 Å². The molecule has 108 valence electrons. The zero-order chi connectivity index (χ0) is 14.9. The Morgan fingerprint density at radius 1 is 1.40 bits per heavy atom. The number of benzene rings is 1. The molecule has 1 N–H and O–H groups in total. The highest BCUT2D eigenvalue weighted by atomic mass is 16.6. The van der Waals surface area contributed by atoms with E-state index in [1.807, 2.05) is 18.7 Å². The van der Waals surface area contributed by atoms with Crippen molar-refractivity contribution in [2.24, 2.45) is 0 Å². The Kier molecular flexibility index (Phi) is 3.89. The first-order chi connectivity index (χ1) is 9.38. The van der Waals surface area contributed by atoms with E-state index in [0.717, 1.165) is 0 Å². The standard InChI is InChI=1S/C13H16N2O5/c1-8-6-14(7-9(2)20-8)10-3-4-12(15(18)19)11(5-10)13(16)17/h3-5,8-9H,6-7H2,1-2H3,(H,16,17)/t8-,9-/m0/s1. The molecule has 1 heterocycles. The molecule has 0 unspecified atom stereocenters. The van der Waals surface area contributed by atoms with E-state index in [1.165, 1.54) is 12.1 Å². The molecule has 1 saturated heterocycles. The fraction of sp³-hybridized carbons (Fsp3) is 0.462. The molecule has 1 aliphatic rings. The monoisotopic (exact) mass is 280 g/mol. The largest absolute Gasteiger partial charge is 0.477 e. The molecule has 0 radical (unpaired) electrons. The van der Waals surface area contributed by atoms with Crippen LogP contribution in [-0.2, 0) is 4.74 Å². The average Bonchev–Trinajstić information content (AvgIpc) is 2.36. The van der Waals surface area contributed by atoms with Crippen molar-refractivity contribution in [2.75, 3.05) is 18.0 Å². The topological polar surface area (TPSA) is 92.9 Å². The first-order valence-electron chi connectivity index (χ1n) is 6.30. The number of hydrogen-bond acceptors (Lipinski definition) is 5. The highest BCUT2D eigenvalue weighted by Gasteiger charge is 2.25. The SMILES string of the molecule is C[C@H]1CN(c2ccc([N+](=O)[O-])c(C(=O)O)c2)C[C@H](C)O1. The second kappa shape index (κ2) is 5.46. The summed E-state index contributed by atoms with van der Waals surface area (Å²) in [6, 6.07) is 4.17. The maximum Gasteiger partial charge on any atom is 0.342 e. The van der Waals surface area contributed by atoms with Gasteiger partial charge in [-0.25, -0.2) is 4.79 Å². The number of anilines is 1. The van der Waals surface area contributed by atoms with Crippen molar-refractivity contribution >= 4 is 17.3 Å². The molecule has 1 fully saturated rings. The van der Waals surface area contributed by atoms with Crippen LogP contribution in [0.5, 0.6) is 0 Å². The molecule has 0 saturated carbocycles. The number of nitro benzene ring substituents is 1. The Balaban J connectivity index is 2.36. The predicted octanol–water partition coefficient (Wildman–Crippen LogP) is 1.91. The van der Waals surface area contributed by atoms with E-state index in [2.05, 4.69) is 0 Å². The minimum absolute atomic E-state index is 0.0298. The lowest BCUT2D eigenvalue weighted by atomic mass is 10.1. The van der Waals surface area contributed by atoms with E-state index < -0.39 is 16.6 Å². The smallest absolute Gasteiger partial charge is 0.342 e. The number of ether oxygens (including phenoxy) is 1. The maximum atomic E-state index is 11.1. The van der Waals surface area contributed by atoms with E-state index in [-0.39, 0.29) is 17.8 Å². The fourth-order valence-corrected chi connectivity index (χ4v) is 2.44. The van der Waals surface area contributed by atoms with Gasteiger partial charge < -0.3 is 14.7 Å². The van der Waals surface area contributed by atoms with Crippen LogP contribution in [0.3, 0.4) is 0 Å². The van der Waals surface area contributed by atoms with Crippen molar-refractivity contribution in [1.29, 1.82) is 0 Å². The van der Waals surface area contributed by atoms with Gasteiger partial charge in [0, 0.05) is 24.8 Å². The Morgan fingerprint density at radius 2 is 2.00 bits per heavy atom. The van der Waals surface area contributed by atoms with Crippen molar-refractivity contribution in [1.82, 2.24) is 0 Å². The summed E-state index contributed by atoms with van der Waals surface area (Å²) in [7, 11) is 0. The number of hydrogen-bond donors (Lipinski definition) is 1. The van der Waals surface area contributed by atoms with Gasteiger partial charge in [0.2, 0.25) is 0 Å². The maximum absolute atomic E-state index is 11.1. The van der Waals surface area contributed by atoms with Gasteiger partial charge in [0.1, 0.15) is 5.56 Å². The molecule has 1 aromatic rings. The summed E-state index contributed by atoms with van der Waals surface area (Å²) in [5, 5.41) is 19.9. The Morgan fingerprint density at radius 3 is 2.50 bits per heavy atom. The summed E-state index contributed by atoms with van der Waals surface area (Å²) in [5.41, 5.74) is -0.0232. The highest BCUT2D eigenvalue weighted by Crippen LogP contribution is 2.27. The highest BCUT2D eigenvalue weighted by molar-refractivity contribution is 5.93. The van der Waals surface area contributed by atoms with Gasteiger partial charge in [-0.1, -0.05) is 0 Å². The van der Waals surface area contributed by atoms with Crippen LogP contribution < -0.4 is 4.90 Å². The van der Waals surface area contributed by atoms with Gasteiger partial charge in [-0.05, 0) is 26.0 Å². The number of rotatable bonds is 3. The van der Waals surface area contributed by atoms with Gasteiger partial charge in [-0.15, -0.1) is 0 Å². The molecule has 0 amide bonds. The van der Waals surface area contributed by atoms with E-state index >= 15 is 0 Å². The van der Waals surface area contributed by atoms with E-state index in [4.69, 9.17) is 9.84 Å². The summed E-state index contributed by atoms with van der Waals surface area (Å²) >= 11 is 0. The molecular weight excluding hydrogens is 264 g/mol. The second-order valence-electron chi connectivity index (χ2n) is 4.93. The van der Waals surface area contributed by atoms with Crippen LogP contribution in [-0.4, -0.2) is 41.3 Å². The Hall–Kier alpha value is -2.15. The normalized spacial score (nSPS) is 22.6. The molecule has 0 aliphatic carbocycles. The van der Waals surface area contributed by atoms with Crippen LogP contribution in [0.2, 0.25) is 0 Å². The third-order valence-electron chi connectivity index (χ3n) is 3.19. The van der Waals surface area contributed by atoms with Crippen LogP contribution >= 0.6 is 0 Å². The molecule has 0 bridgehead atoms. The summed E-state index contributed by atoms with van der Waals surface area (Å²) in [5.74, 6) is -1.30. The molecule has 7 nitrogen and oxygen atoms in total. The number of morpholine rings is 1. The molecular formula is C13H16N2O5. The van der Waals surface area contributed by atoms with Crippen molar-refractivity contribution in [2.45, 2.75) is 26.1 Å². The van der Waals surface area contributed by atoms with Crippen molar-refractivity contribution in [3.8, 4) is 0 Å². The van der Waals surface area contributed by atoms with Crippen molar-refractivity contribution in [3.63, 3.8) is 0 Å². The number of nitro groups is 1. The van der Waals surface area contributed by atoms with Crippen LogP contribution in [0, 0.1) is 10.1 Å². The van der Waals surface area contributed by atoms with Crippen LogP contribution in [0.15, 0.2) is 18.2 Å². The number of aromatic carboxylic acids is 1. The van der Waals surface area contributed by atoms with Crippen LogP contribution in [0.1, 0.15) is 24.2 Å². The molecule has 7 heteroatoms. The van der Waals surface area contributed by atoms with Gasteiger partial charge in [0.25, 0.3) is 5.69 Å². The van der Waals surface area contributed by atoms with E-state index in [9.17, 15) is 14.9 Å². The zero-order valence-electron chi connectivity index (χ0n) is 11.3. The summed E-state index contributed by atoms with van der Waals surface area (Å²) in [4.78, 5) is 23.3. The molecule has 2 rings (SSSR count). The molecule has 20 heavy (non-hydrogen) atoms. The summed E-state index contributed by atoms with van der Waals surface area (Å²) in [6.07, 6.45) is 0.0597. The van der Waals surface area contributed by atoms with Gasteiger partial charge in [0.15, 0.2) is 0 Å². The third kappa shape index (κ3) is 2.88. The Bertz CT molecular complexity index is 536. The van der Waals surface area contributed by atoms with E-state index in [0.29, 0.717) is 18.8 Å². The molecule has 0 spiro atoms. The van der Waals surface area contributed by atoms with Gasteiger partial charge in [-0.2, -0.15) is 0 Å². The summed E-state index contributed by atoms with van der Waals surface area (Å²) in [6.45, 7) is 5.13. The second-order valence-corrected chi connectivity index (χ2v) is 4.93. The first kappa shape index (κ1) is 14.3. The molecule has 2 atom stereocenters. The van der Waals surface area contributed by atoms with Gasteiger partial charge in [0.05, 0.1) is 17.1 Å². The minimum atomic E-state index is -1.30. The Labute approximate surface area is 115 Å². The lowest BCUT2D eigenvalue weighted by Gasteiger charge is -2.36. The van der Waals surface area contributed by atoms with Gasteiger partial charge in [-0.3, -0.25) is 10.1 Å². The predicted molar refractivity (Wildman–Crippen MR) is 72.3 cm³/mol.